The predicted molar refractivity (Wildman–Crippen MR) is 130 cm³/mol. The van der Waals surface area contributed by atoms with E-state index in [9.17, 15) is 4.79 Å². The molecule has 1 amide bonds. The number of amides is 1. The van der Waals surface area contributed by atoms with E-state index in [-0.39, 0.29) is 17.6 Å². The SMILES string of the molecule is COc1ccc(/C=N/Nc2nnc(SCC(=O)Nc3nc4ccccc4s3)n2N)cc1OC. The van der Waals surface area contributed by atoms with Gasteiger partial charge in [-0.25, -0.2) is 15.1 Å². The lowest BCUT2D eigenvalue weighted by Gasteiger charge is -2.07. The average molecular weight is 485 g/mol. The standard InChI is InChI=1S/C20H20N8O3S2/c1-30-14-8-7-12(9-15(14)31-2)10-22-25-18-26-27-20(28(18)21)32-11-17(29)24-19-23-13-5-3-4-6-16(13)33-19/h3-10H,11,21H2,1-2H3,(H,25,26)(H,23,24,29)/b22-10+. The number of methoxy groups -OCH3 is 2. The summed E-state index contributed by atoms with van der Waals surface area (Å²) in [6.07, 6.45) is 1.58. The molecule has 2 heterocycles. The second-order valence-electron chi connectivity index (χ2n) is 6.48. The smallest absolute Gasteiger partial charge is 0.264 e. The van der Waals surface area contributed by atoms with Crippen molar-refractivity contribution in [2.45, 2.75) is 5.16 Å². The van der Waals surface area contributed by atoms with Gasteiger partial charge in [0.1, 0.15) is 0 Å². The molecule has 0 aliphatic carbocycles. The second kappa shape index (κ2) is 10.2. The topological polar surface area (TPSA) is 142 Å². The normalized spacial score (nSPS) is 11.1. The Labute approximate surface area is 197 Å². The number of ether oxygens (including phenoxy) is 2. The highest BCUT2D eigenvalue weighted by molar-refractivity contribution is 7.99. The number of aromatic nitrogens is 4. The van der Waals surface area contributed by atoms with E-state index in [4.69, 9.17) is 15.3 Å². The maximum absolute atomic E-state index is 12.3. The number of thioether (sulfide) groups is 1. The zero-order valence-electron chi connectivity index (χ0n) is 17.7. The number of fused-ring (bicyclic) bond motifs is 1. The number of hydrogen-bond donors (Lipinski definition) is 3. The summed E-state index contributed by atoms with van der Waals surface area (Å²) in [5.41, 5.74) is 4.36. The number of nitrogens with one attached hydrogen (secondary N) is 2. The van der Waals surface area contributed by atoms with E-state index in [1.807, 2.05) is 30.3 Å². The molecule has 4 N–H and O–H groups in total. The number of anilines is 2. The molecule has 0 fully saturated rings. The first-order valence-corrected chi connectivity index (χ1v) is 11.4. The number of hydrazone groups is 1. The molecule has 0 atom stereocenters. The largest absolute Gasteiger partial charge is 0.493 e. The van der Waals surface area contributed by atoms with Gasteiger partial charge in [0.05, 0.1) is 36.4 Å². The van der Waals surface area contributed by atoms with Gasteiger partial charge in [-0.1, -0.05) is 35.2 Å². The average Bonchev–Trinajstić information content (AvgIpc) is 3.40. The number of nitrogen functional groups attached to an aromatic ring is 1. The fourth-order valence-electron chi connectivity index (χ4n) is 2.76. The molecule has 13 heteroatoms. The van der Waals surface area contributed by atoms with Crippen LogP contribution in [0.2, 0.25) is 0 Å². The molecule has 0 radical (unpaired) electrons. The second-order valence-corrected chi connectivity index (χ2v) is 8.46. The van der Waals surface area contributed by atoms with Crippen LogP contribution in [-0.4, -0.2) is 52.0 Å². The molecule has 33 heavy (non-hydrogen) atoms. The zero-order chi connectivity index (χ0) is 23.2. The molecule has 0 saturated carbocycles. The fraction of sp³-hybridized carbons (Fsp3) is 0.150. The summed E-state index contributed by atoms with van der Waals surface area (Å²) in [4.78, 5) is 16.7. The van der Waals surface area contributed by atoms with E-state index in [0.29, 0.717) is 21.8 Å². The number of para-hydroxylation sites is 1. The van der Waals surface area contributed by atoms with Gasteiger partial charge in [0, 0.05) is 0 Å². The minimum Gasteiger partial charge on any atom is -0.493 e. The van der Waals surface area contributed by atoms with Crippen molar-refractivity contribution in [3.05, 3.63) is 48.0 Å². The van der Waals surface area contributed by atoms with Crippen molar-refractivity contribution in [1.29, 1.82) is 0 Å². The summed E-state index contributed by atoms with van der Waals surface area (Å²) < 4.78 is 12.7. The highest BCUT2D eigenvalue weighted by Crippen LogP contribution is 2.27. The molecule has 0 unspecified atom stereocenters. The highest BCUT2D eigenvalue weighted by Gasteiger charge is 2.13. The number of thiazole rings is 1. The Bertz CT molecular complexity index is 1270. The van der Waals surface area contributed by atoms with E-state index < -0.39 is 0 Å². The summed E-state index contributed by atoms with van der Waals surface area (Å²) >= 11 is 2.56. The summed E-state index contributed by atoms with van der Waals surface area (Å²) in [7, 11) is 3.13. The molecular formula is C20H20N8O3S2. The van der Waals surface area contributed by atoms with Crippen LogP contribution in [0.15, 0.2) is 52.7 Å². The number of nitrogens with two attached hydrogens (primary N) is 1. The van der Waals surface area contributed by atoms with Crippen molar-refractivity contribution < 1.29 is 14.3 Å². The fourth-order valence-corrected chi connectivity index (χ4v) is 4.30. The lowest BCUT2D eigenvalue weighted by Crippen LogP contribution is -2.16. The van der Waals surface area contributed by atoms with Gasteiger partial charge >= 0.3 is 0 Å². The number of benzene rings is 2. The maximum Gasteiger partial charge on any atom is 0.264 e. The van der Waals surface area contributed by atoms with E-state index in [0.717, 1.165) is 27.5 Å². The number of carbonyl (C=O) groups is 1. The third-order valence-electron chi connectivity index (χ3n) is 4.32. The third kappa shape index (κ3) is 5.32. The van der Waals surface area contributed by atoms with E-state index in [1.165, 1.54) is 16.0 Å². The molecular weight excluding hydrogens is 464 g/mol. The summed E-state index contributed by atoms with van der Waals surface area (Å²) in [5.74, 6) is 7.33. The van der Waals surface area contributed by atoms with Gasteiger partial charge in [-0.05, 0) is 35.9 Å². The van der Waals surface area contributed by atoms with Crippen LogP contribution in [0, 0.1) is 0 Å². The van der Waals surface area contributed by atoms with Crippen LogP contribution in [0.25, 0.3) is 10.2 Å². The number of carbonyl (C=O) groups excluding carboxylic acids is 1. The molecule has 0 bridgehead atoms. The summed E-state index contributed by atoms with van der Waals surface area (Å²) in [6.45, 7) is 0. The van der Waals surface area contributed by atoms with Gasteiger partial charge < -0.3 is 20.6 Å². The monoisotopic (exact) mass is 484 g/mol. The molecule has 0 aliphatic heterocycles. The van der Waals surface area contributed by atoms with Crippen molar-refractivity contribution in [3.63, 3.8) is 0 Å². The first-order valence-electron chi connectivity index (χ1n) is 9.57. The lowest BCUT2D eigenvalue weighted by molar-refractivity contribution is -0.113. The Kier molecular flexibility index (Phi) is 6.90. The van der Waals surface area contributed by atoms with Gasteiger partial charge in [0.15, 0.2) is 16.6 Å². The third-order valence-corrected chi connectivity index (χ3v) is 6.22. The van der Waals surface area contributed by atoms with E-state index >= 15 is 0 Å². The predicted octanol–water partition coefficient (Wildman–Crippen LogP) is 2.80. The number of hydrogen-bond acceptors (Lipinski definition) is 11. The molecule has 0 spiro atoms. The van der Waals surface area contributed by atoms with Crippen molar-refractivity contribution in [3.8, 4) is 11.5 Å². The molecule has 2 aromatic carbocycles. The van der Waals surface area contributed by atoms with Gasteiger partial charge in [-0.3, -0.25) is 4.79 Å². The molecule has 4 rings (SSSR count). The molecule has 0 saturated heterocycles. The van der Waals surface area contributed by atoms with Crippen LogP contribution in [-0.2, 0) is 4.79 Å². The van der Waals surface area contributed by atoms with Crippen LogP contribution >= 0.6 is 23.1 Å². The zero-order valence-corrected chi connectivity index (χ0v) is 19.3. The lowest BCUT2D eigenvalue weighted by atomic mass is 10.2. The first-order chi connectivity index (χ1) is 16.1. The molecule has 11 nitrogen and oxygen atoms in total. The maximum atomic E-state index is 12.3. The van der Waals surface area contributed by atoms with E-state index in [2.05, 4.69) is 31.0 Å². The Morgan fingerprint density at radius 1 is 1.21 bits per heavy atom. The van der Waals surface area contributed by atoms with E-state index in [1.54, 1.807) is 32.6 Å². The minimum absolute atomic E-state index is 0.0974. The van der Waals surface area contributed by atoms with Crippen molar-refractivity contribution >= 4 is 56.5 Å². The molecule has 0 aliphatic rings. The Morgan fingerprint density at radius 3 is 2.82 bits per heavy atom. The van der Waals surface area contributed by atoms with Crippen molar-refractivity contribution in [1.82, 2.24) is 19.9 Å². The van der Waals surface area contributed by atoms with Crippen LogP contribution in [0.4, 0.5) is 11.1 Å². The summed E-state index contributed by atoms with van der Waals surface area (Å²) in [6, 6.07) is 13.1. The van der Waals surface area contributed by atoms with Gasteiger partial charge in [0.25, 0.3) is 5.95 Å². The first kappa shape index (κ1) is 22.4. The van der Waals surface area contributed by atoms with Gasteiger partial charge in [-0.15, -0.1) is 10.2 Å². The van der Waals surface area contributed by atoms with Crippen LogP contribution in [0.3, 0.4) is 0 Å². The Hall–Kier alpha value is -3.84. The van der Waals surface area contributed by atoms with Crippen molar-refractivity contribution in [2.75, 3.05) is 36.6 Å². The molecule has 2 aromatic heterocycles. The minimum atomic E-state index is -0.219. The Morgan fingerprint density at radius 2 is 2.03 bits per heavy atom. The quantitative estimate of drug-likeness (QED) is 0.141. The molecule has 170 valence electrons. The Balaban J connectivity index is 1.32. The van der Waals surface area contributed by atoms with Crippen LogP contribution < -0.4 is 26.1 Å². The highest BCUT2D eigenvalue weighted by atomic mass is 32.2. The molecule has 4 aromatic rings. The number of rotatable bonds is 9. The summed E-state index contributed by atoms with van der Waals surface area (Å²) in [5, 5.41) is 15.8. The van der Waals surface area contributed by atoms with Gasteiger partial charge in [0.2, 0.25) is 11.1 Å². The van der Waals surface area contributed by atoms with Crippen LogP contribution in [0.1, 0.15) is 5.56 Å². The number of nitrogens with zero attached hydrogens (tertiary/aromatic N) is 5. The van der Waals surface area contributed by atoms with Crippen LogP contribution in [0.5, 0.6) is 11.5 Å². The van der Waals surface area contributed by atoms with Gasteiger partial charge in [-0.2, -0.15) is 5.10 Å². The van der Waals surface area contributed by atoms with Crippen molar-refractivity contribution in [2.24, 2.45) is 5.10 Å².